The first kappa shape index (κ1) is 25.4. The average molecular weight is 456 g/mol. The van der Waals surface area contributed by atoms with Gasteiger partial charge in [0.25, 0.3) is 5.56 Å². The van der Waals surface area contributed by atoms with E-state index in [9.17, 15) is 14.0 Å². The maximum atomic E-state index is 12.3. The molecule has 3 N–H and O–H groups in total. The number of allylic oxidation sites excluding steroid dienone is 4. The van der Waals surface area contributed by atoms with Crippen molar-refractivity contribution < 1.29 is 13.9 Å². The number of hydrogen-bond acceptors (Lipinski definition) is 4. The van der Waals surface area contributed by atoms with Crippen LogP contribution in [0, 0.1) is 0 Å². The third-order valence-corrected chi connectivity index (χ3v) is 4.21. The zero-order chi connectivity index (χ0) is 22.7. The summed E-state index contributed by atoms with van der Waals surface area (Å²) in [6, 6.07) is 7.28. The van der Waals surface area contributed by atoms with Crippen molar-refractivity contribution >= 4 is 45.6 Å². The zero-order valence-corrected chi connectivity index (χ0v) is 18.1. The summed E-state index contributed by atoms with van der Waals surface area (Å²) in [4.78, 5) is 23.2. The second-order valence-electron chi connectivity index (χ2n) is 6.09. The number of nitrogens with one attached hydrogen (secondary N) is 1. The Labute approximate surface area is 184 Å². The summed E-state index contributed by atoms with van der Waals surface area (Å²) < 4.78 is 18.5. The first-order valence-corrected chi connectivity index (χ1v) is 9.70. The number of benzene rings is 1. The van der Waals surface area contributed by atoms with Gasteiger partial charge in [0.2, 0.25) is 5.91 Å². The number of hydrogen-bond donors (Lipinski definition) is 2. The van der Waals surface area contributed by atoms with Crippen LogP contribution in [0.5, 0.6) is 0 Å². The third-order valence-electron chi connectivity index (χ3n) is 3.57. The van der Waals surface area contributed by atoms with Gasteiger partial charge in [-0.05, 0) is 36.1 Å². The Morgan fingerprint density at radius 3 is 2.57 bits per heavy atom. The van der Waals surface area contributed by atoms with E-state index in [0.29, 0.717) is 18.7 Å². The van der Waals surface area contributed by atoms with Crippen molar-refractivity contribution in [1.82, 2.24) is 4.57 Å². The van der Waals surface area contributed by atoms with Crippen molar-refractivity contribution in [3.63, 3.8) is 0 Å². The maximum absolute atomic E-state index is 12.3. The number of carbonyl (C=O) groups excluding carboxylic acids is 1. The van der Waals surface area contributed by atoms with Gasteiger partial charge in [-0.1, -0.05) is 49.3 Å². The second kappa shape index (κ2) is 12.8. The smallest absolute Gasteiger partial charge is 0.258 e. The third kappa shape index (κ3) is 8.82. The molecule has 0 saturated carbocycles. The Bertz CT molecular complexity index is 1000. The molecule has 1 aromatic heterocycles. The molecule has 30 heavy (non-hydrogen) atoms. The number of rotatable bonds is 9. The molecule has 0 bridgehead atoms. The minimum atomic E-state index is -0.637. The number of amides is 1. The molecule has 0 atom stereocenters. The van der Waals surface area contributed by atoms with E-state index in [0.717, 1.165) is 23.6 Å². The van der Waals surface area contributed by atoms with Crippen molar-refractivity contribution in [2.24, 2.45) is 5.73 Å². The van der Waals surface area contributed by atoms with Crippen LogP contribution in [0.3, 0.4) is 0 Å². The molecule has 2 rings (SSSR count). The highest BCUT2D eigenvalue weighted by Crippen LogP contribution is 2.18. The van der Waals surface area contributed by atoms with E-state index in [1.807, 2.05) is 19.1 Å². The van der Waals surface area contributed by atoms with Crippen LogP contribution in [-0.2, 0) is 16.1 Å². The predicted octanol–water partition coefficient (Wildman–Crippen LogP) is 4.63. The molecule has 0 aliphatic heterocycles. The van der Waals surface area contributed by atoms with Crippen LogP contribution in [-0.4, -0.2) is 23.8 Å². The summed E-state index contributed by atoms with van der Waals surface area (Å²) >= 11 is 10.6. The highest BCUT2D eigenvalue weighted by Gasteiger charge is 2.06. The molecule has 0 aliphatic carbocycles. The van der Waals surface area contributed by atoms with Gasteiger partial charge in [-0.15, -0.1) is 0 Å². The van der Waals surface area contributed by atoms with E-state index < -0.39 is 11.7 Å². The van der Waals surface area contributed by atoms with Crippen molar-refractivity contribution in [3.05, 3.63) is 75.9 Å². The number of nitrogens with zero attached hydrogens (tertiary/aromatic N) is 1. The monoisotopic (exact) mass is 455 g/mol. The van der Waals surface area contributed by atoms with E-state index >= 15 is 0 Å². The van der Waals surface area contributed by atoms with E-state index in [4.69, 9.17) is 33.7 Å². The molecule has 9 heteroatoms. The van der Waals surface area contributed by atoms with Gasteiger partial charge in [0.05, 0.1) is 10.1 Å². The highest BCUT2D eigenvalue weighted by atomic mass is 35.5. The molecule has 0 radical (unpaired) electrons. The minimum absolute atomic E-state index is 0.0733. The number of ether oxygens (including phenoxy) is 1. The van der Waals surface area contributed by atoms with Crippen molar-refractivity contribution in [2.75, 3.05) is 18.7 Å². The van der Waals surface area contributed by atoms with Gasteiger partial charge in [0, 0.05) is 23.9 Å². The molecule has 0 saturated heterocycles. The number of fused-ring (bicyclic) bond motifs is 1. The van der Waals surface area contributed by atoms with E-state index in [-0.39, 0.29) is 22.2 Å². The molecule has 1 aromatic carbocycles. The number of primary amides is 1. The van der Waals surface area contributed by atoms with Crippen molar-refractivity contribution in [1.29, 1.82) is 0 Å². The van der Waals surface area contributed by atoms with Gasteiger partial charge in [0.1, 0.15) is 19.1 Å². The quantitative estimate of drug-likeness (QED) is 0.327. The fourth-order valence-corrected chi connectivity index (χ4v) is 2.42. The van der Waals surface area contributed by atoms with Crippen LogP contribution >= 0.6 is 23.2 Å². The van der Waals surface area contributed by atoms with E-state index in [2.05, 4.69) is 18.5 Å². The molecule has 1 heterocycles. The number of pyridine rings is 1. The van der Waals surface area contributed by atoms with Gasteiger partial charge in [-0.2, -0.15) is 0 Å². The van der Waals surface area contributed by atoms with Gasteiger partial charge >= 0.3 is 0 Å². The minimum Gasteiger partial charge on any atom is -0.368 e. The van der Waals surface area contributed by atoms with Crippen LogP contribution in [0.15, 0.2) is 70.4 Å². The van der Waals surface area contributed by atoms with E-state index in [1.54, 1.807) is 18.3 Å². The summed E-state index contributed by atoms with van der Waals surface area (Å²) in [6.07, 6.45) is 3.53. The lowest BCUT2D eigenvalue weighted by atomic mass is 10.1. The molecule has 0 aliphatic rings. The van der Waals surface area contributed by atoms with Gasteiger partial charge in [0.15, 0.2) is 0 Å². The van der Waals surface area contributed by atoms with Gasteiger partial charge < -0.3 is 20.4 Å². The van der Waals surface area contributed by atoms with Crippen LogP contribution in [0.25, 0.3) is 10.8 Å². The normalized spacial score (nSPS) is 10.9. The lowest BCUT2D eigenvalue weighted by Crippen LogP contribution is -2.27. The van der Waals surface area contributed by atoms with E-state index in [1.165, 1.54) is 4.57 Å². The second-order valence-corrected chi connectivity index (χ2v) is 6.95. The highest BCUT2D eigenvalue weighted by molar-refractivity contribution is 6.43. The van der Waals surface area contributed by atoms with Gasteiger partial charge in [-0.3, -0.25) is 9.59 Å². The Hall–Kier alpha value is -2.61. The lowest BCUT2D eigenvalue weighted by molar-refractivity contribution is -0.118. The van der Waals surface area contributed by atoms with Gasteiger partial charge in [-0.25, -0.2) is 4.39 Å². The summed E-state index contributed by atoms with van der Waals surface area (Å²) in [5, 5.41) is 4.64. The van der Waals surface area contributed by atoms with Crippen LogP contribution in [0.4, 0.5) is 10.1 Å². The molecule has 0 unspecified atom stereocenters. The summed E-state index contributed by atoms with van der Waals surface area (Å²) in [6.45, 7) is 9.21. The SMILES string of the molecule is C=C(F)/C=C(/Cl)C(=C)Cl.CCCOCNc1ccc2ccn(CC(N)=O)c(=O)c2c1. The fourth-order valence-electron chi connectivity index (χ4n) is 2.25. The number of halogens is 3. The molecular weight excluding hydrogens is 432 g/mol. The summed E-state index contributed by atoms with van der Waals surface area (Å²) in [7, 11) is 0. The molecule has 2 aromatic rings. The Balaban J connectivity index is 0.000000424. The first-order chi connectivity index (χ1) is 14.1. The zero-order valence-electron chi connectivity index (χ0n) is 16.6. The fraction of sp³-hybridized carbons (Fsp3) is 0.238. The number of nitrogens with two attached hydrogens (primary N) is 1. The molecular formula is C21H24Cl2FN3O3. The standard InChI is InChI=1S/C15H19N3O3.C6H5Cl2F/c1-2-7-21-10-17-12-4-3-11-5-6-18(9-14(16)19)15(20)13(11)8-12;1-4(9)3-6(8)5(2)7/h3-6,8,17H,2,7,9-10H2,1H3,(H2,16,19);3H,1-2H2/b;6-3+. The summed E-state index contributed by atoms with van der Waals surface area (Å²) in [5.74, 6) is -1.18. The van der Waals surface area contributed by atoms with Crippen LogP contribution in [0.1, 0.15) is 13.3 Å². The molecule has 1 amide bonds. The van der Waals surface area contributed by atoms with Crippen LogP contribution in [0.2, 0.25) is 0 Å². The Kier molecular flexibility index (Phi) is 10.9. The van der Waals surface area contributed by atoms with Crippen molar-refractivity contribution in [2.45, 2.75) is 19.9 Å². The largest absolute Gasteiger partial charge is 0.368 e. The van der Waals surface area contributed by atoms with Crippen molar-refractivity contribution in [3.8, 4) is 0 Å². The lowest BCUT2D eigenvalue weighted by Gasteiger charge is -2.09. The first-order valence-electron chi connectivity index (χ1n) is 8.95. The molecule has 6 nitrogen and oxygen atoms in total. The number of anilines is 1. The topological polar surface area (TPSA) is 86.3 Å². The predicted molar refractivity (Wildman–Crippen MR) is 121 cm³/mol. The molecule has 0 spiro atoms. The van der Waals surface area contributed by atoms with Crippen LogP contribution < -0.4 is 16.6 Å². The number of aromatic nitrogens is 1. The molecule has 0 fully saturated rings. The number of carbonyl (C=O) groups is 1. The average Bonchev–Trinajstić information content (AvgIpc) is 2.67. The summed E-state index contributed by atoms with van der Waals surface area (Å²) in [5.41, 5.74) is 5.70. The molecule has 162 valence electrons. The maximum Gasteiger partial charge on any atom is 0.258 e. The Morgan fingerprint density at radius 2 is 2.03 bits per heavy atom. The Morgan fingerprint density at radius 1 is 1.33 bits per heavy atom.